The molecule has 0 bridgehead atoms. The van der Waals surface area contributed by atoms with Gasteiger partial charge in [-0.15, -0.1) is 0 Å². The summed E-state index contributed by atoms with van der Waals surface area (Å²) in [6.45, 7) is -2.73. The molecule has 1 saturated carbocycles. The molecule has 3 aliphatic heterocycles. The highest BCUT2D eigenvalue weighted by atomic mass is 19.2. The second-order valence-corrected chi connectivity index (χ2v) is 12.4. The number of rotatable bonds is 7. The van der Waals surface area contributed by atoms with Crippen LogP contribution < -0.4 is 14.4 Å². The molecule has 7 nitrogen and oxygen atoms in total. The first-order valence-corrected chi connectivity index (χ1v) is 15.4. The Bertz CT molecular complexity index is 1890. The molecular weight excluding hydrogens is 593 g/mol. The lowest BCUT2D eigenvalue weighted by atomic mass is 9.95. The summed E-state index contributed by atoms with van der Waals surface area (Å²) in [4.78, 5) is 16.8. The number of benzene rings is 2. The second-order valence-electron chi connectivity index (χ2n) is 12.4. The van der Waals surface area contributed by atoms with Crippen molar-refractivity contribution in [2.24, 2.45) is 5.92 Å². The molecular formula is C33H32F5N5O2. The molecule has 0 unspecified atom stereocenters. The highest BCUT2D eigenvalue weighted by Gasteiger charge is 2.56. The smallest absolute Gasteiger partial charge is 0.319 e. The van der Waals surface area contributed by atoms with Crippen molar-refractivity contribution in [1.29, 1.82) is 0 Å². The van der Waals surface area contributed by atoms with Crippen molar-refractivity contribution in [3.63, 3.8) is 0 Å². The molecule has 236 valence electrons. The predicted molar refractivity (Wildman–Crippen MR) is 159 cm³/mol. The van der Waals surface area contributed by atoms with E-state index in [1.54, 1.807) is 21.9 Å². The number of halogens is 5. The summed E-state index contributed by atoms with van der Waals surface area (Å²) in [6, 6.07) is 6.39. The summed E-state index contributed by atoms with van der Waals surface area (Å²) < 4.78 is 104. The number of hydrogen-bond acceptors (Lipinski definition) is 7. The van der Waals surface area contributed by atoms with Gasteiger partial charge in [0.1, 0.15) is 35.9 Å². The van der Waals surface area contributed by atoms with Crippen LogP contribution in [-0.2, 0) is 0 Å². The molecule has 0 spiro atoms. The summed E-state index contributed by atoms with van der Waals surface area (Å²) in [5.74, 6) is -2.22. The van der Waals surface area contributed by atoms with Crippen molar-refractivity contribution < 1.29 is 34.2 Å². The molecule has 45 heavy (non-hydrogen) atoms. The maximum Gasteiger partial charge on any atom is 0.319 e. The normalized spacial score (nSPS) is 28.9. The molecule has 3 saturated heterocycles. The first-order valence-electron chi connectivity index (χ1n) is 16.4. The van der Waals surface area contributed by atoms with Crippen molar-refractivity contribution in [2.75, 3.05) is 38.0 Å². The lowest BCUT2D eigenvalue weighted by Gasteiger charge is -2.31. The molecule has 0 radical (unpaired) electrons. The molecule has 4 aromatic rings. The zero-order valence-electron chi connectivity index (χ0n) is 26.3. The Labute approximate surface area is 259 Å². The number of nitrogens with zero attached hydrogens (tertiary/aromatic N) is 5. The molecule has 5 atom stereocenters. The van der Waals surface area contributed by atoms with Crippen molar-refractivity contribution in [1.82, 2.24) is 19.9 Å². The van der Waals surface area contributed by atoms with Crippen LogP contribution in [0.15, 0.2) is 36.5 Å². The SMILES string of the molecule is [2H]C([2H])(Oc1nc(N2CCCC[C@H]3[C@H](F)[C@H]32)c2cnc(-c3cccc4ccc(F)c(OCF)c34)c(F)c2n1)[C@@]12CCCN1C[C@H](F)C2. The molecule has 8 rings (SSSR count). The maximum atomic E-state index is 16.8. The molecule has 2 aromatic carbocycles. The summed E-state index contributed by atoms with van der Waals surface area (Å²) >= 11 is 0. The summed E-state index contributed by atoms with van der Waals surface area (Å²) in [5, 5.41) is 0.723. The Hall–Kier alpha value is -3.80. The van der Waals surface area contributed by atoms with E-state index < -0.39 is 60.7 Å². The number of ether oxygens (including phenoxy) is 2. The molecule has 2 aromatic heterocycles. The lowest BCUT2D eigenvalue weighted by Crippen LogP contribution is -2.43. The van der Waals surface area contributed by atoms with E-state index in [2.05, 4.69) is 15.0 Å². The molecule has 0 N–H and O–H groups in total. The third-order valence-corrected chi connectivity index (χ3v) is 9.83. The number of fused-ring (bicyclic) bond motifs is 4. The van der Waals surface area contributed by atoms with Gasteiger partial charge in [0, 0.05) is 42.6 Å². The molecule has 12 heteroatoms. The van der Waals surface area contributed by atoms with Crippen LogP contribution in [0, 0.1) is 17.6 Å². The highest BCUT2D eigenvalue weighted by Crippen LogP contribution is 2.48. The Morgan fingerprint density at radius 3 is 2.80 bits per heavy atom. The van der Waals surface area contributed by atoms with E-state index in [0.717, 1.165) is 18.9 Å². The Kier molecular flexibility index (Phi) is 6.41. The van der Waals surface area contributed by atoms with Crippen LogP contribution in [0.3, 0.4) is 0 Å². The minimum absolute atomic E-state index is 0.0663. The first-order chi connectivity index (χ1) is 22.6. The van der Waals surface area contributed by atoms with Crippen LogP contribution in [0.4, 0.5) is 27.8 Å². The van der Waals surface area contributed by atoms with Crippen molar-refractivity contribution in [3.05, 3.63) is 48.2 Å². The zero-order chi connectivity index (χ0) is 32.7. The van der Waals surface area contributed by atoms with E-state index in [1.165, 1.54) is 18.3 Å². The summed E-state index contributed by atoms with van der Waals surface area (Å²) in [7, 11) is 0. The van der Waals surface area contributed by atoms with Crippen LogP contribution in [-0.4, -0.2) is 76.8 Å². The third-order valence-electron chi connectivity index (χ3n) is 9.83. The average molecular weight is 628 g/mol. The Morgan fingerprint density at radius 2 is 1.93 bits per heavy atom. The number of anilines is 1. The van der Waals surface area contributed by atoms with Gasteiger partial charge in [-0.3, -0.25) is 9.88 Å². The summed E-state index contributed by atoms with van der Waals surface area (Å²) in [6.07, 6.45) is 2.25. The molecule has 5 heterocycles. The van der Waals surface area contributed by atoms with Crippen LogP contribution >= 0.6 is 0 Å². The largest absolute Gasteiger partial charge is 0.461 e. The number of hydrogen-bond donors (Lipinski definition) is 0. The van der Waals surface area contributed by atoms with Crippen molar-refractivity contribution >= 4 is 27.5 Å². The van der Waals surface area contributed by atoms with Gasteiger partial charge < -0.3 is 14.4 Å². The lowest BCUT2D eigenvalue weighted by molar-refractivity contribution is 0.107. The van der Waals surface area contributed by atoms with Crippen molar-refractivity contribution in [3.8, 4) is 23.0 Å². The van der Waals surface area contributed by atoms with Crippen LogP contribution in [0.25, 0.3) is 32.9 Å². The van der Waals surface area contributed by atoms with E-state index in [4.69, 9.17) is 12.2 Å². The van der Waals surface area contributed by atoms with E-state index in [9.17, 15) is 13.2 Å². The average Bonchev–Trinajstić information content (AvgIpc) is 3.40. The fourth-order valence-corrected chi connectivity index (χ4v) is 7.69. The van der Waals surface area contributed by atoms with Crippen LogP contribution in [0.1, 0.15) is 41.3 Å². The van der Waals surface area contributed by atoms with Gasteiger partial charge in [0.2, 0.25) is 6.86 Å². The summed E-state index contributed by atoms with van der Waals surface area (Å²) in [5.41, 5.74) is -1.64. The van der Waals surface area contributed by atoms with E-state index >= 15 is 8.78 Å². The minimum atomic E-state index is -2.45. The maximum absolute atomic E-state index is 16.8. The van der Waals surface area contributed by atoms with Gasteiger partial charge in [-0.25, -0.2) is 22.0 Å². The number of aromatic nitrogens is 3. The van der Waals surface area contributed by atoms with Gasteiger partial charge in [-0.2, -0.15) is 9.97 Å². The highest BCUT2D eigenvalue weighted by molar-refractivity contribution is 6.02. The van der Waals surface area contributed by atoms with Gasteiger partial charge in [0.05, 0.1) is 19.7 Å². The van der Waals surface area contributed by atoms with Gasteiger partial charge in [-0.1, -0.05) is 30.7 Å². The van der Waals surface area contributed by atoms with E-state index in [0.29, 0.717) is 37.7 Å². The van der Waals surface area contributed by atoms with Crippen LogP contribution in [0.5, 0.6) is 11.8 Å². The van der Waals surface area contributed by atoms with Gasteiger partial charge >= 0.3 is 6.01 Å². The third kappa shape index (κ3) is 4.66. The fourth-order valence-electron chi connectivity index (χ4n) is 7.69. The second kappa shape index (κ2) is 10.9. The Morgan fingerprint density at radius 1 is 1.04 bits per heavy atom. The standard InChI is InChI=1S/C33H32F5N5O2/c34-17-45-30-23(36)9-8-18-5-3-7-20(24(18)30)27-26(38)28-22(14-39-27)31(43-12-2-1-6-21-25(37)29(21)43)41-32(40-28)44-16-33-10-4-11-42(33)15-19(35)13-33/h3,5,7-9,14,19,21,25,29H,1-2,4,6,10-13,15-17H2/t19-,21+,25+,29+,33+/m1/s1/i16D2. The molecule has 0 amide bonds. The van der Waals surface area contributed by atoms with E-state index in [-0.39, 0.29) is 52.2 Å². The quantitative estimate of drug-likeness (QED) is 0.211. The van der Waals surface area contributed by atoms with Gasteiger partial charge in [0.25, 0.3) is 0 Å². The Balaban J connectivity index is 1.31. The predicted octanol–water partition coefficient (Wildman–Crippen LogP) is 6.71. The monoisotopic (exact) mass is 627 g/mol. The van der Waals surface area contributed by atoms with Gasteiger partial charge in [0.15, 0.2) is 17.4 Å². The molecule has 4 aliphatic rings. The minimum Gasteiger partial charge on any atom is -0.461 e. The van der Waals surface area contributed by atoms with E-state index in [1.807, 2.05) is 0 Å². The number of pyridine rings is 1. The fraction of sp³-hybridized carbons (Fsp3) is 0.485. The first kappa shape index (κ1) is 26.4. The topological polar surface area (TPSA) is 63.6 Å². The molecule has 1 aliphatic carbocycles. The van der Waals surface area contributed by atoms with Gasteiger partial charge in [-0.05, 0) is 43.7 Å². The van der Waals surface area contributed by atoms with Crippen LogP contribution in [0.2, 0.25) is 0 Å². The van der Waals surface area contributed by atoms with Crippen molar-refractivity contribution in [2.45, 2.75) is 62.4 Å². The number of alkyl halides is 3. The molecule has 4 fully saturated rings. The zero-order valence-corrected chi connectivity index (χ0v) is 24.3.